The zero-order chi connectivity index (χ0) is 12.3. The summed E-state index contributed by atoms with van der Waals surface area (Å²) in [5.41, 5.74) is 5.56. The maximum absolute atomic E-state index is 12.2. The Morgan fingerprint density at radius 2 is 1.89 bits per heavy atom. The van der Waals surface area contributed by atoms with Crippen LogP contribution in [0.1, 0.15) is 4.88 Å². The van der Waals surface area contributed by atoms with Crippen molar-refractivity contribution in [2.45, 2.75) is 13.0 Å². The van der Waals surface area contributed by atoms with Crippen LogP contribution in [0.5, 0.6) is 0 Å². The molecule has 1 aliphatic heterocycles. The number of anilines is 1. The van der Waals surface area contributed by atoms with Crippen LogP contribution in [-0.4, -0.2) is 53.9 Å². The maximum Gasteiger partial charge on any atom is 0.251 e. The summed E-state index contributed by atoms with van der Waals surface area (Å²) in [5, 5.41) is 0.580. The zero-order valence-corrected chi connectivity index (χ0v) is 11.5. The third-order valence-electron chi connectivity index (χ3n) is 2.81. The number of alkyl halides is 2. The highest BCUT2D eigenvalue weighted by Crippen LogP contribution is 2.17. The molecule has 2 rings (SSSR count). The maximum atomic E-state index is 12.2. The largest absolute Gasteiger partial charge is 0.375 e. The second-order valence-corrected chi connectivity index (χ2v) is 5.28. The van der Waals surface area contributed by atoms with E-state index in [1.165, 1.54) is 11.3 Å². The van der Waals surface area contributed by atoms with Crippen LogP contribution in [0.3, 0.4) is 0 Å². The monoisotopic (exact) mass is 298 g/mol. The van der Waals surface area contributed by atoms with Gasteiger partial charge in [-0.15, -0.1) is 23.7 Å². The van der Waals surface area contributed by atoms with Gasteiger partial charge in [0.2, 0.25) is 0 Å². The van der Waals surface area contributed by atoms with Crippen molar-refractivity contribution in [3.63, 3.8) is 0 Å². The van der Waals surface area contributed by atoms with Gasteiger partial charge in [-0.05, 0) is 0 Å². The summed E-state index contributed by atoms with van der Waals surface area (Å²) < 4.78 is 24.4. The van der Waals surface area contributed by atoms with Gasteiger partial charge in [0.25, 0.3) is 6.43 Å². The normalized spacial score (nSPS) is 17.9. The molecule has 0 spiro atoms. The van der Waals surface area contributed by atoms with E-state index in [1.54, 1.807) is 6.20 Å². The minimum atomic E-state index is -2.23. The van der Waals surface area contributed by atoms with Crippen molar-refractivity contribution in [2.75, 3.05) is 38.5 Å². The van der Waals surface area contributed by atoms with E-state index in [0.29, 0.717) is 18.2 Å². The molecule has 4 nitrogen and oxygen atoms in total. The summed E-state index contributed by atoms with van der Waals surface area (Å²) in [4.78, 5) is 9.18. The third-order valence-corrected chi connectivity index (χ3v) is 3.62. The fraction of sp³-hybridized carbons (Fsp3) is 0.700. The first-order chi connectivity index (χ1) is 8.13. The van der Waals surface area contributed by atoms with Gasteiger partial charge in [0.05, 0.1) is 6.54 Å². The molecule has 1 fully saturated rings. The van der Waals surface area contributed by atoms with Crippen molar-refractivity contribution in [3.05, 3.63) is 11.1 Å². The molecule has 2 N–H and O–H groups in total. The Morgan fingerprint density at radius 3 is 2.39 bits per heavy atom. The van der Waals surface area contributed by atoms with Crippen LogP contribution >= 0.6 is 23.7 Å². The topological polar surface area (TPSA) is 45.4 Å². The molecule has 1 aliphatic rings. The zero-order valence-electron chi connectivity index (χ0n) is 9.89. The van der Waals surface area contributed by atoms with Crippen molar-refractivity contribution in [2.24, 2.45) is 0 Å². The van der Waals surface area contributed by atoms with Crippen molar-refractivity contribution >= 4 is 28.9 Å². The highest BCUT2D eigenvalue weighted by atomic mass is 35.5. The number of aromatic nitrogens is 1. The van der Waals surface area contributed by atoms with Crippen LogP contribution in [0.2, 0.25) is 0 Å². The van der Waals surface area contributed by atoms with E-state index in [-0.39, 0.29) is 19.0 Å². The van der Waals surface area contributed by atoms with E-state index in [9.17, 15) is 8.78 Å². The molecule has 2 heterocycles. The van der Waals surface area contributed by atoms with E-state index < -0.39 is 6.43 Å². The number of rotatable bonds is 4. The molecule has 0 aliphatic carbocycles. The van der Waals surface area contributed by atoms with Crippen LogP contribution in [0.15, 0.2) is 6.20 Å². The molecule has 0 bridgehead atoms. The Balaban J connectivity index is 0.00000162. The Bertz CT molecular complexity index is 355. The summed E-state index contributed by atoms with van der Waals surface area (Å²) in [7, 11) is 0. The number of hydrogen-bond donors (Lipinski definition) is 1. The second kappa shape index (κ2) is 7.18. The van der Waals surface area contributed by atoms with Crippen molar-refractivity contribution in [3.8, 4) is 0 Å². The van der Waals surface area contributed by atoms with Crippen LogP contribution in [-0.2, 0) is 6.54 Å². The summed E-state index contributed by atoms with van der Waals surface area (Å²) in [6.45, 7) is 3.77. The SMILES string of the molecule is Cl.Nc1ncc(CN2CCN(CC(F)F)CC2)s1. The molecule has 0 atom stereocenters. The van der Waals surface area contributed by atoms with E-state index >= 15 is 0 Å². The van der Waals surface area contributed by atoms with Crippen LogP contribution in [0, 0.1) is 0 Å². The lowest BCUT2D eigenvalue weighted by Crippen LogP contribution is -2.47. The van der Waals surface area contributed by atoms with Gasteiger partial charge < -0.3 is 5.73 Å². The molecule has 0 aromatic carbocycles. The van der Waals surface area contributed by atoms with Crippen LogP contribution in [0.25, 0.3) is 0 Å². The minimum absolute atomic E-state index is 0. The van der Waals surface area contributed by atoms with Gasteiger partial charge >= 0.3 is 0 Å². The lowest BCUT2D eigenvalue weighted by atomic mass is 10.3. The first kappa shape index (κ1) is 15.6. The molecule has 18 heavy (non-hydrogen) atoms. The average Bonchev–Trinajstić information content (AvgIpc) is 2.66. The van der Waals surface area contributed by atoms with Crippen molar-refractivity contribution in [1.82, 2.24) is 14.8 Å². The minimum Gasteiger partial charge on any atom is -0.375 e. The van der Waals surface area contributed by atoms with Crippen molar-refractivity contribution in [1.29, 1.82) is 0 Å². The number of piperazine rings is 1. The van der Waals surface area contributed by atoms with Gasteiger partial charge in [-0.3, -0.25) is 9.80 Å². The molecule has 0 saturated carbocycles. The first-order valence-electron chi connectivity index (χ1n) is 5.56. The van der Waals surface area contributed by atoms with Crippen LogP contribution < -0.4 is 5.73 Å². The number of thiazole rings is 1. The average molecular weight is 299 g/mol. The number of nitrogens with two attached hydrogens (primary N) is 1. The van der Waals surface area contributed by atoms with Crippen molar-refractivity contribution < 1.29 is 8.78 Å². The molecular formula is C10H17ClF2N4S. The van der Waals surface area contributed by atoms with Gasteiger partial charge in [-0.2, -0.15) is 0 Å². The first-order valence-corrected chi connectivity index (χ1v) is 6.38. The molecule has 1 aromatic heterocycles. The second-order valence-electron chi connectivity index (χ2n) is 4.13. The smallest absolute Gasteiger partial charge is 0.251 e. The van der Waals surface area contributed by atoms with Gasteiger partial charge in [-0.25, -0.2) is 13.8 Å². The molecule has 1 aromatic rings. The molecule has 8 heteroatoms. The fourth-order valence-electron chi connectivity index (χ4n) is 1.94. The van der Waals surface area contributed by atoms with Crippen LogP contribution in [0.4, 0.5) is 13.9 Å². The van der Waals surface area contributed by atoms with Gasteiger partial charge in [0, 0.05) is 43.8 Å². The number of nitrogen functional groups attached to an aromatic ring is 1. The Labute approximate surface area is 115 Å². The Morgan fingerprint density at radius 1 is 1.28 bits per heavy atom. The third kappa shape index (κ3) is 4.64. The quantitative estimate of drug-likeness (QED) is 0.916. The predicted molar refractivity (Wildman–Crippen MR) is 71.5 cm³/mol. The van der Waals surface area contributed by atoms with Gasteiger partial charge in [0.15, 0.2) is 5.13 Å². The summed E-state index contributed by atoms with van der Waals surface area (Å²) in [6, 6.07) is 0. The molecule has 0 amide bonds. The Hall–Kier alpha value is -0.500. The lowest BCUT2D eigenvalue weighted by Gasteiger charge is -2.34. The van der Waals surface area contributed by atoms with E-state index in [4.69, 9.17) is 5.73 Å². The standard InChI is InChI=1S/C10H16F2N4S.ClH/c11-9(12)7-16-3-1-15(2-4-16)6-8-5-14-10(13)17-8;/h5,9H,1-4,6-7H2,(H2,13,14);1H. The van der Waals surface area contributed by atoms with E-state index in [0.717, 1.165) is 24.5 Å². The number of halogens is 3. The highest BCUT2D eigenvalue weighted by Gasteiger charge is 2.19. The molecule has 1 saturated heterocycles. The highest BCUT2D eigenvalue weighted by molar-refractivity contribution is 7.15. The lowest BCUT2D eigenvalue weighted by molar-refractivity contribution is 0.0546. The number of hydrogen-bond acceptors (Lipinski definition) is 5. The molecule has 104 valence electrons. The molecule has 0 radical (unpaired) electrons. The van der Waals surface area contributed by atoms with E-state index in [2.05, 4.69) is 9.88 Å². The van der Waals surface area contributed by atoms with Gasteiger partial charge in [0.1, 0.15) is 0 Å². The van der Waals surface area contributed by atoms with Gasteiger partial charge in [-0.1, -0.05) is 0 Å². The summed E-state index contributed by atoms with van der Waals surface area (Å²) in [5.74, 6) is 0. The fourth-order valence-corrected chi connectivity index (χ4v) is 2.67. The number of nitrogens with zero attached hydrogens (tertiary/aromatic N) is 3. The summed E-state index contributed by atoms with van der Waals surface area (Å²) >= 11 is 1.48. The Kier molecular flexibility index (Phi) is 6.20. The van der Waals surface area contributed by atoms with E-state index in [1.807, 2.05) is 4.90 Å². The summed E-state index contributed by atoms with van der Waals surface area (Å²) in [6.07, 6.45) is -0.450. The molecular weight excluding hydrogens is 282 g/mol. The molecule has 0 unspecified atom stereocenters. The predicted octanol–water partition coefficient (Wildman–Crippen LogP) is 1.53.